The smallest absolute Gasteiger partial charge is 0.242 e. The molecule has 0 saturated heterocycles. The van der Waals surface area contributed by atoms with Gasteiger partial charge in [0.25, 0.3) is 0 Å². The van der Waals surface area contributed by atoms with Gasteiger partial charge in [0.2, 0.25) is 11.8 Å². The summed E-state index contributed by atoms with van der Waals surface area (Å²) in [6.45, 7) is 8.82. The number of halogens is 1. The van der Waals surface area contributed by atoms with Crippen LogP contribution in [-0.2, 0) is 22.6 Å². The van der Waals surface area contributed by atoms with Crippen molar-refractivity contribution in [3.8, 4) is 0 Å². The van der Waals surface area contributed by atoms with Gasteiger partial charge < -0.3 is 10.2 Å². The van der Waals surface area contributed by atoms with Crippen LogP contribution >= 0.6 is 11.6 Å². The number of amides is 2. The van der Waals surface area contributed by atoms with Crippen LogP contribution in [-0.4, -0.2) is 29.3 Å². The van der Waals surface area contributed by atoms with E-state index in [2.05, 4.69) is 5.32 Å². The standard InChI is InChI=1S/C23H29ClN2O2/c1-16(2)14-25-23(28)18(4)26(15-19-9-7-8-17(3)12-19)22(27)13-20-10-5-6-11-21(20)24/h5-12,16,18H,13-15H2,1-4H3,(H,25,28)/t18-/m0/s1. The highest BCUT2D eigenvalue weighted by Crippen LogP contribution is 2.18. The molecule has 2 amide bonds. The fraction of sp³-hybridized carbons (Fsp3) is 0.391. The van der Waals surface area contributed by atoms with Gasteiger partial charge in [-0.2, -0.15) is 0 Å². The molecule has 1 atom stereocenters. The van der Waals surface area contributed by atoms with Crippen LogP contribution in [0.4, 0.5) is 0 Å². The summed E-state index contributed by atoms with van der Waals surface area (Å²) in [7, 11) is 0. The maximum absolute atomic E-state index is 13.1. The largest absolute Gasteiger partial charge is 0.354 e. The molecule has 0 spiro atoms. The summed E-state index contributed by atoms with van der Waals surface area (Å²) < 4.78 is 0. The Hall–Kier alpha value is -2.33. The Kier molecular flexibility index (Phi) is 8.06. The first-order valence-corrected chi connectivity index (χ1v) is 10.0. The van der Waals surface area contributed by atoms with Gasteiger partial charge in [-0.1, -0.05) is 73.5 Å². The minimum Gasteiger partial charge on any atom is -0.354 e. The summed E-state index contributed by atoms with van der Waals surface area (Å²) in [5, 5.41) is 3.49. The maximum Gasteiger partial charge on any atom is 0.242 e. The zero-order valence-electron chi connectivity index (χ0n) is 17.0. The lowest BCUT2D eigenvalue weighted by Gasteiger charge is -2.29. The van der Waals surface area contributed by atoms with E-state index < -0.39 is 6.04 Å². The van der Waals surface area contributed by atoms with Crippen molar-refractivity contribution in [1.29, 1.82) is 0 Å². The highest BCUT2D eigenvalue weighted by atomic mass is 35.5. The van der Waals surface area contributed by atoms with Crippen molar-refractivity contribution in [3.63, 3.8) is 0 Å². The van der Waals surface area contributed by atoms with Gasteiger partial charge in [-0.15, -0.1) is 0 Å². The first-order chi connectivity index (χ1) is 13.3. The predicted octanol–water partition coefficient (Wildman–Crippen LogP) is 4.38. The number of benzene rings is 2. The Balaban J connectivity index is 2.22. The Bertz CT molecular complexity index is 820. The zero-order valence-corrected chi connectivity index (χ0v) is 17.8. The van der Waals surface area contributed by atoms with Crippen LogP contribution in [0.5, 0.6) is 0 Å². The second-order valence-electron chi connectivity index (χ2n) is 7.59. The molecule has 150 valence electrons. The van der Waals surface area contributed by atoms with E-state index in [1.807, 2.05) is 63.2 Å². The molecule has 2 aromatic rings. The van der Waals surface area contributed by atoms with Crippen molar-refractivity contribution in [1.82, 2.24) is 10.2 Å². The van der Waals surface area contributed by atoms with Crippen molar-refractivity contribution < 1.29 is 9.59 Å². The topological polar surface area (TPSA) is 49.4 Å². The molecule has 0 aliphatic rings. The van der Waals surface area contributed by atoms with E-state index in [1.165, 1.54) is 0 Å². The van der Waals surface area contributed by atoms with Crippen molar-refractivity contribution in [2.75, 3.05) is 6.54 Å². The number of nitrogens with one attached hydrogen (secondary N) is 1. The van der Waals surface area contributed by atoms with Gasteiger partial charge in [-0.05, 0) is 37.0 Å². The summed E-state index contributed by atoms with van der Waals surface area (Å²) in [6, 6.07) is 14.7. The molecule has 4 nitrogen and oxygen atoms in total. The molecule has 0 radical (unpaired) electrons. The van der Waals surface area contributed by atoms with Gasteiger partial charge in [0, 0.05) is 18.1 Å². The summed E-state index contributed by atoms with van der Waals surface area (Å²) in [5.74, 6) is 0.0795. The van der Waals surface area contributed by atoms with Crippen molar-refractivity contribution >= 4 is 23.4 Å². The molecule has 1 N–H and O–H groups in total. The lowest BCUT2D eigenvalue weighted by Crippen LogP contribution is -2.48. The third-order valence-corrected chi connectivity index (χ3v) is 4.96. The third-order valence-electron chi connectivity index (χ3n) is 4.59. The number of aryl methyl sites for hydroxylation is 1. The highest BCUT2D eigenvalue weighted by Gasteiger charge is 2.26. The van der Waals surface area contributed by atoms with Gasteiger partial charge in [-0.3, -0.25) is 9.59 Å². The number of rotatable bonds is 8. The van der Waals surface area contributed by atoms with Crippen LogP contribution in [0.15, 0.2) is 48.5 Å². The number of carbonyl (C=O) groups is 2. The average Bonchev–Trinajstić information content (AvgIpc) is 2.65. The van der Waals surface area contributed by atoms with Crippen LogP contribution in [0.3, 0.4) is 0 Å². The summed E-state index contributed by atoms with van der Waals surface area (Å²) in [4.78, 5) is 27.4. The van der Waals surface area contributed by atoms with Gasteiger partial charge >= 0.3 is 0 Å². The minimum atomic E-state index is -0.575. The van der Waals surface area contributed by atoms with Crippen LogP contribution in [0, 0.1) is 12.8 Å². The Morgan fingerprint density at radius 2 is 1.79 bits per heavy atom. The molecular weight excluding hydrogens is 372 g/mol. The van der Waals surface area contributed by atoms with Crippen LogP contribution in [0.1, 0.15) is 37.5 Å². The number of nitrogens with zero attached hydrogens (tertiary/aromatic N) is 1. The molecule has 0 heterocycles. The average molecular weight is 401 g/mol. The van der Waals surface area contributed by atoms with Gasteiger partial charge in [0.1, 0.15) is 6.04 Å². The van der Waals surface area contributed by atoms with E-state index in [-0.39, 0.29) is 18.2 Å². The van der Waals surface area contributed by atoms with Gasteiger partial charge in [0.15, 0.2) is 0 Å². The quantitative estimate of drug-likeness (QED) is 0.714. The van der Waals surface area contributed by atoms with Gasteiger partial charge in [0.05, 0.1) is 6.42 Å². The second kappa shape index (κ2) is 10.3. The van der Waals surface area contributed by atoms with Crippen molar-refractivity contribution in [2.24, 2.45) is 5.92 Å². The third kappa shape index (κ3) is 6.38. The molecule has 0 saturated carbocycles. The fourth-order valence-corrected chi connectivity index (χ4v) is 3.15. The summed E-state index contributed by atoms with van der Waals surface area (Å²) in [6.07, 6.45) is 0.160. The normalized spacial score (nSPS) is 11.9. The molecule has 0 fully saturated rings. The Labute approximate surface area is 172 Å². The predicted molar refractivity (Wildman–Crippen MR) is 114 cm³/mol. The maximum atomic E-state index is 13.1. The molecule has 0 aliphatic heterocycles. The molecule has 5 heteroatoms. The molecule has 2 rings (SSSR count). The van der Waals surface area contributed by atoms with Crippen molar-refractivity contribution in [2.45, 2.75) is 46.7 Å². The van der Waals surface area contributed by atoms with Crippen LogP contribution in [0.25, 0.3) is 0 Å². The molecule has 0 aliphatic carbocycles. The summed E-state index contributed by atoms with van der Waals surface area (Å²) in [5.41, 5.74) is 2.88. The van der Waals surface area contributed by atoms with Crippen LogP contribution in [0.2, 0.25) is 5.02 Å². The first kappa shape index (κ1) is 22.0. The monoisotopic (exact) mass is 400 g/mol. The molecule has 0 unspecified atom stereocenters. The first-order valence-electron chi connectivity index (χ1n) is 9.64. The van der Waals surface area contributed by atoms with Crippen molar-refractivity contribution in [3.05, 3.63) is 70.2 Å². The van der Waals surface area contributed by atoms with E-state index in [9.17, 15) is 9.59 Å². The zero-order chi connectivity index (χ0) is 20.7. The van der Waals surface area contributed by atoms with Gasteiger partial charge in [-0.25, -0.2) is 0 Å². The SMILES string of the molecule is Cc1cccc(CN(C(=O)Cc2ccccc2Cl)[C@@H](C)C(=O)NCC(C)C)c1. The van der Waals surface area contributed by atoms with Crippen LogP contribution < -0.4 is 5.32 Å². The van der Waals surface area contributed by atoms with E-state index >= 15 is 0 Å². The number of hydrogen-bond donors (Lipinski definition) is 1. The number of hydrogen-bond acceptors (Lipinski definition) is 2. The molecule has 2 aromatic carbocycles. The molecule has 0 bridgehead atoms. The summed E-state index contributed by atoms with van der Waals surface area (Å²) >= 11 is 6.23. The lowest BCUT2D eigenvalue weighted by molar-refractivity contribution is -0.140. The van der Waals surface area contributed by atoms with E-state index in [0.717, 1.165) is 16.7 Å². The number of carbonyl (C=O) groups excluding carboxylic acids is 2. The molecule has 0 aromatic heterocycles. The van der Waals surface area contributed by atoms with E-state index in [4.69, 9.17) is 11.6 Å². The fourth-order valence-electron chi connectivity index (χ4n) is 2.95. The van der Waals surface area contributed by atoms with E-state index in [1.54, 1.807) is 17.9 Å². The minimum absolute atomic E-state index is 0.123. The highest BCUT2D eigenvalue weighted by molar-refractivity contribution is 6.31. The second-order valence-corrected chi connectivity index (χ2v) is 8.00. The molecular formula is C23H29ClN2O2. The lowest BCUT2D eigenvalue weighted by atomic mass is 10.1. The molecule has 28 heavy (non-hydrogen) atoms. The Morgan fingerprint density at radius 3 is 2.43 bits per heavy atom. The Morgan fingerprint density at radius 1 is 1.07 bits per heavy atom. The van der Waals surface area contributed by atoms with E-state index in [0.29, 0.717) is 24.0 Å².